The van der Waals surface area contributed by atoms with Crippen LogP contribution in [0.4, 0.5) is 14.5 Å². The van der Waals surface area contributed by atoms with Gasteiger partial charge in [-0.05, 0) is 31.9 Å². The molecule has 7 heteroatoms. The molecule has 5 nitrogen and oxygen atoms in total. The van der Waals surface area contributed by atoms with Gasteiger partial charge in [-0.1, -0.05) is 17.7 Å². The van der Waals surface area contributed by atoms with Gasteiger partial charge >= 0.3 is 0 Å². The SMILES string of the molecule is Cc1cc(C)c(N2CC(C(=O)NCC(F)(F)CN)CC2=O)c(C)c1. The Morgan fingerprint density at radius 1 is 1.33 bits per heavy atom. The van der Waals surface area contributed by atoms with Crippen LogP contribution in [0.3, 0.4) is 0 Å². The molecule has 0 saturated carbocycles. The number of hydrogen-bond donors (Lipinski definition) is 2. The lowest BCUT2D eigenvalue weighted by atomic mass is 10.0. The highest BCUT2D eigenvalue weighted by Gasteiger charge is 2.37. The van der Waals surface area contributed by atoms with Crippen LogP contribution in [-0.2, 0) is 9.59 Å². The zero-order valence-corrected chi connectivity index (χ0v) is 14.2. The van der Waals surface area contributed by atoms with Crippen LogP contribution < -0.4 is 16.0 Å². The molecule has 3 N–H and O–H groups in total. The highest BCUT2D eigenvalue weighted by atomic mass is 19.3. The second kappa shape index (κ2) is 6.84. The summed E-state index contributed by atoms with van der Waals surface area (Å²) in [5, 5.41) is 2.20. The van der Waals surface area contributed by atoms with Crippen LogP contribution in [0, 0.1) is 26.7 Å². The van der Waals surface area contributed by atoms with Crippen molar-refractivity contribution in [2.45, 2.75) is 33.1 Å². The Bertz CT molecular complexity index is 638. The summed E-state index contributed by atoms with van der Waals surface area (Å²) in [5.74, 6) is -4.48. The predicted molar refractivity (Wildman–Crippen MR) is 88.1 cm³/mol. The minimum absolute atomic E-state index is 0.0206. The summed E-state index contributed by atoms with van der Waals surface area (Å²) in [7, 11) is 0. The number of aryl methyl sites for hydroxylation is 3. The van der Waals surface area contributed by atoms with Gasteiger partial charge in [0, 0.05) is 18.7 Å². The Morgan fingerprint density at radius 3 is 2.46 bits per heavy atom. The number of carbonyl (C=O) groups excluding carboxylic acids is 2. The molecule has 1 atom stereocenters. The Kier molecular flexibility index (Phi) is 5.22. The van der Waals surface area contributed by atoms with Gasteiger partial charge in [-0.2, -0.15) is 0 Å². The standard InChI is InChI=1S/C17H23F2N3O2/c1-10-4-11(2)15(12(3)5-10)22-7-13(6-14(22)23)16(24)21-9-17(18,19)8-20/h4-5,13H,6-9,20H2,1-3H3,(H,21,24). The number of alkyl halides is 2. The normalized spacial score (nSPS) is 18.2. The molecule has 0 bridgehead atoms. The molecule has 1 aromatic carbocycles. The average molecular weight is 339 g/mol. The topological polar surface area (TPSA) is 75.4 Å². The molecule has 1 heterocycles. The van der Waals surface area contributed by atoms with Crippen molar-refractivity contribution < 1.29 is 18.4 Å². The van der Waals surface area contributed by atoms with Crippen molar-refractivity contribution in [2.75, 3.05) is 24.5 Å². The maximum atomic E-state index is 13.1. The maximum absolute atomic E-state index is 13.1. The van der Waals surface area contributed by atoms with E-state index < -0.39 is 30.8 Å². The highest BCUT2D eigenvalue weighted by Crippen LogP contribution is 2.31. The second-order valence-electron chi connectivity index (χ2n) is 6.43. The van der Waals surface area contributed by atoms with Crippen LogP contribution in [-0.4, -0.2) is 37.4 Å². The summed E-state index contributed by atoms with van der Waals surface area (Å²) in [6.07, 6.45) is 0.0206. The number of rotatable bonds is 5. The second-order valence-corrected chi connectivity index (χ2v) is 6.43. The molecule has 0 radical (unpaired) electrons. The average Bonchev–Trinajstić information content (AvgIpc) is 2.86. The first-order valence-electron chi connectivity index (χ1n) is 7.88. The Hall–Kier alpha value is -2.02. The molecule has 2 amide bonds. The van der Waals surface area contributed by atoms with Gasteiger partial charge in [-0.3, -0.25) is 9.59 Å². The van der Waals surface area contributed by atoms with Crippen molar-refractivity contribution in [2.24, 2.45) is 11.7 Å². The molecule has 1 aliphatic heterocycles. The first kappa shape index (κ1) is 18.3. The van der Waals surface area contributed by atoms with Gasteiger partial charge in [-0.25, -0.2) is 8.78 Å². The zero-order valence-electron chi connectivity index (χ0n) is 14.2. The van der Waals surface area contributed by atoms with Crippen molar-refractivity contribution in [3.05, 3.63) is 28.8 Å². The minimum atomic E-state index is -3.14. The molecule has 0 aliphatic carbocycles. The number of hydrogen-bond acceptors (Lipinski definition) is 3. The van der Waals surface area contributed by atoms with Gasteiger partial charge in [0.15, 0.2) is 0 Å². The molecule has 0 aromatic heterocycles. The van der Waals surface area contributed by atoms with E-state index in [1.807, 2.05) is 32.9 Å². The molecule has 1 aromatic rings. The van der Waals surface area contributed by atoms with E-state index in [0.717, 1.165) is 22.4 Å². The van der Waals surface area contributed by atoms with Crippen molar-refractivity contribution in [3.8, 4) is 0 Å². The summed E-state index contributed by atoms with van der Waals surface area (Å²) in [4.78, 5) is 26.0. The maximum Gasteiger partial charge on any atom is 0.277 e. The number of amides is 2. The Labute approximate surface area is 140 Å². The van der Waals surface area contributed by atoms with Crippen molar-refractivity contribution in [3.63, 3.8) is 0 Å². The molecular weight excluding hydrogens is 316 g/mol. The monoisotopic (exact) mass is 339 g/mol. The summed E-state index contributed by atoms with van der Waals surface area (Å²) < 4.78 is 26.3. The summed E-state index contributed by atoms with van der Waals surface area (Å²) in [6.45, 7) is 4.36. The van der Waals surface area contributed by atoms with E-state index in [-0.39, 0.29) is 18.9 Å². The molecule has 1 fully saturated rings. The number of halogens is 2. The van der Waals surface area contributed by atoms with Gasteiger partial charge in [0.25, 0.3) is 5.92 Å². The predicted octanol–water partition coefficient (Wildman–Crippen LogP) is 1.67. The quantitative estimate of drug-likeness (QED) is 0.857. The van der Waals surface area contributed by atoms with Crippen LogP contribution in [0.15, 0.2) is 12.1 Å². The molecular formula is C17H23F2N3O2. The van der Waals surface area contributed by atoms with Gasteiger partial charge in [0.1, 0.15) is 0 Å². The van der Waals surface area contributed by atoms with E-state index >= 15 is 0 Å². The number of carbonyl (C=O) groups is 2. The van der Waals surface area contributed by atoms with Gasteiger partial charge in [-0.15, -0.1) is 0 Å². The van der Waals surface area contributed by atoms with Crippen molar-refractivity contribution >= 4 is 17.5 Å². The smallest absolute Gasteiger partial charge is 0.277 e. The Balaban J connectivity index is 2.10. The van der Waals surface area contributed by atoms with Gasteiger partial charge in [0.05, 0.1) is 19.0 Å². The zero-order chi connectivity index (χ0) is 18.1. The van der Waals surface area contributed by atoms with Gasteiger partial charge in [0.2, 0.25) is 11.8 Å². The third kappa shape index (κ3) is 3.90. The fourth-order valence-electron chi connectivity index (χ4n) is 3.13. The molecule has 1 saturated heterocycles. The lowest BCUT2D eigenvalue weighted by molar-refractivity contribution is -0.127. The number of nitrogens with two attached hydrogens (primary N) is 1. The number of benzene rings is 1. The van der Waals surface area contributed by atoms with Crippen LogP contribution in [0.2, 0.25) is 0 Å². The fourth-order valence-corrected chi connectivity index (χ4v) is 3.13. The number of anilines is 1. The molecule has 0 spiro atoms. The molecule has 132 valence electrons. The summed E-state index contributed by atoms with van der Waals surface area (Å²) in [5.41, 5.74) is 8.75. The summed E-state index contributed by atoms with van der Waals surface area (Å²) in [6, 6.07) is 3.95. The largest absolute Gasteiger partial charge is 0.350 e. The van der Waals surface area contributed by atoms with Crippen LogP contribution in [0.1, 0.15) is 23.1 Å². The van der Waals surface area contributed by atoms with E-state index in [1.54, 1.807) is 4.90 Å². The fraction of sp³-hybridized carbons (Fsp3) is 0.529. The van der Waals surface area contributed by atoms with E-state index in [4.69, 9.17) is 5.73 Å². The molecule has 2 rings (SSSR count). The minimum Gasteiger partial charge on any atom is -0.350 e. The highest BCUT2D eigenvalue weighted by molar-refractivity contribution is 6.01. The van der Waals surface area contributed by atoms with Crippen molar-refractivity contribution in [1.29, 1.82) is 0 Å². The van der Waals surface area contributed by atoms with E-state index in [0.29, 0.717) is 0 Å². The third-order valence-corrected chi connectivity index (χ3v) is 4.22. The molecule has 1 aliphatic rings. The first-order valence-corrected chi connectivity index (χ1v) is 7.88. The van der Waals surface area contributed by atoms with E-state index in [9.17, 15) is 18.4 Å². The van der Waals surface area contributed by atoms with Crippen LogP contribution in [0.5, 0.6) is 0 Å². The first-order chi connectivity index (χ1) is 11.1. The lowest BCUT2D eigenvalue weighted by Gasteiger charge is -2.22. The van der Waals surface area contributed by atoms with E-state index in [2.05, 4.69) is 5.32 Å². The van der Waals surface area contributed by atoms with E-state index in [1.165, 1.54) is 0 Å². The lowest BCUT2D eigenvalue weighted by Crippen LogP contribution is -2.44. The molecule has 1 unspecified atom stereocenters. The summed E-state index contributed by atoms with van der Waals surface area (Å²) >= 11 is 0. The number of nitrogens with one attached hydrogen (secondary N) is 1. The Morgan fingerprint density at radius 2 is 1.92 bits per heavy atom. The van der Waals surface area contributed by atoms with Gasteiger partial charge < -0.3 is 16.0 Å². The third-order valence-electron chi connectivity index (χ3n) is 4.22. The van der Waals surface area contributed by atoms with Crippen LogP contribution in [0.25, 0.3) is 0 Å². The molecule has 24 heavy (non-hydrogen) atoms. The van der Waals surface area contributed by atoms with Crippen LogP contribution >= 0.6 is 0 Å². The van der Waals surface area contributed by atoms with Crippen molar-refractivity contribution in [1.82, 2.24) is 5.32 Å². The number of nitrogens with zero attached hydrogens (tertiary/aromatic N) is 1.